The van der Waals surface area contributed by atoms with Gasteiger partial charge in [0, 0.05) is 61.1 Å². The van der Waals surface area contributed by atoms with E-state index < -0.39 is 41.4 Å². The largest absolute Gasteiger partial charge is 0.573 e. The van der Waals surface area contributed by atoms with Gasteiger partial charge in [0.15, 0.2) is 0 Å². The summed E-state index contributed by atoms with van der Waals surface area (Å²) in [6.45, 7) is 5.42. The Hall–Kier alpha value is -7.31. The Balaban J connectivity index is 0.846. The van der Waals surface area contributed by atoms with E-state index in [-0.39, 0.29) is 48.0 Å². The van der Waals surface area contributed by atoms with Crippen LogP contribution >= 0.6 is 0 Å². The quantitative estimate of drug-likeness (QED) is 0.0758. The molecule has 5 aromatic rings. The standard InChI is InChI=1S/C46H46F3N9O7/c1-45(2,16-5-17-51-32-10-4-9-30-37(32)43(63)58(42(30)62)34-13-14-35(59)55-41(34)61)44(64)52-18-6-19-56-24-31(38-39(50)53-25-54-40(38)56)27-11-12-33-28(23-27)15-20-57(33)36(60)22-26-7-3-8-29(21-26)65-46(47,48)49/h3-4,7-12,21,23-25,34,51H,5-6,13-20,22H2,1-2H3,(H,52,64)(H2,50,53,54)(H,55,59,61). The van der Waals surface area contributed by atoms with Gasteiger partial charge < -0.3 is 30.6 Å². The van der Waals surface area contributed by atoms with Gasteiger partial charge in [0.25, 0.3) is 11.8 Å². The highest BCUT2D eigenvalue weighted by molar-refractivity contribution is 6.25. The first-order valence-corrected chi connectivity index (χ1v) is 21.2. The smallest absolute Gasteiger partial charge is 0.406 e. The van der Waals surface area contributed by atoms with Crippen molar-refractivity contribution < 1.29 is 46.7 Å². The minimum Gasteiger partial charge on any atom is -0.406 e. The zero-order valence-electron chi connectivity index (χ0n) is 35.6. The Morgan fingerprint density at radius 3 is 2.52 bits per heavy atom. The molecule has 0 radical (unpaired) electrons. The normalized spacial score (nSPS) is 16.2. The molecule has 2 aromatic heterocycles. The number of carbonyl (C=O) groups is 6. The molecule has 1 unspecified atom stereocenters. The lowest BCUT2D eigenvalue weighted by atomic mass is 9.86. The Labute approximate surface area is 370 Å². The number of halogens is 3. The van der Waals surface area contributed by atoms with Crippen molar-refractivity contribution in [1.82, 2.24) is 30.1 Å². The van der Waals surface area contributed by atoms with Crippen LogP contribution in [0.4, 0.5) is 30.4 Å². The Kier molecular flexibility index (Phi) is 12.1. The van der Waals surface area contributed by atoms with Crippen molar-refractivity contribution >= 4 is 63.7 Å². The van der Waals surface area contributed by atoms with E-state index >= 15 is 0 Å². The molecule has 1 atom stereocenters. The number of nitrogens with two attached hydrogens (primary N) is 1. The second-order valence-corrected chi connectivity index (χ2v) is 16.9. The van der Waals surface area contributed by atoms with Gasteiger partial charge in [0.1, 0.15) is 29.6 Å². The highest BCUT2D eigenvalue weighted by Gasteiger charge is 2.45. The van der Waals surface area contributed by atoms with Gasteiger partial charge in [0.2, 0.25) is 23.6 Å². The predicted molar refractivity (Wildman–Crippen MR) is 233 cm³/mol. The van der Waals surface area contributed by atoms with E-state index in [0.717, 1.165) is 27.3 Å². The molecule has 8 rings (SSSR count). The van der Waals surface area contributed by atoms with Crippen LogP contribution in [0.5, 0.6) is 5.75 Å². The molecular formula is C46H46F3N9O7. The number of rotatable bonds is 15. The number of imide groups is 2. The number of nitrogens with one attached hydrogen (secondary N) is 3. The van der Waals surface area contributed by atoms with Gasteiger partial charge in [-0.1, -0.05) is 38.1 Å². The monoisotopic (exact) mass is 893 g/mol. The number of piperidine rings is 1. The second-order valence-electron chi connectivity index (χ2n) is 16.9. The summed E-state index contributed by atoms with van der Waals surface area (Å²) in [5.41, 5.74) is 10.8. The highest BCUT2D eigenvalue weighted by atomic mass is 19.4. The summed E-state index contributed by atoms with van der Waals surface area (Å²) >= 11 is 0. The molecule has 65 heavy (non-hydrogen) atoms. The number of fused-ring (bicyclic) bond motifs is 3. The zero-order valence-corrected chi connectivity index (χ0v) is 35.6. The van der Waals surface area contributed by atoms with Crippen LogP contribution in [0.2, 0.25) is 0 Å². The molecule has 3 aromatic carbocycles. The number of aromatic nitrogens is 3. The summed E-state index contributed by atoms with van der Waals surface area (Å²) in [7, 11) is 0. The molecule has 5 N–H and O–H groups in total. The minimum atomic E-state index is -4.84. The van der Waals surface area contributed by atoms with Gasteiger partial charge in [-0.05, 0) is 85.2 Å². The van der Waals surface area contributed by atoms with Gasteiger partial charge >= 0.3 is 6.36 Å². The lowest BCUT2D eigenvalue weighted by Crippen LogP contribution is -2.54. The van der Waals surface area contributed by atoms with Crippen molar-refractivity contribution in [2.24, 2.45) is 5.41 Å². The second kappa shape index (κ2) is 17.7. The lowest BCUT2D eigenvalue weighted by Gasteiger charge is -2.27. The maximum Gasteiger partial charge on any atom is 0.573 e. The van der Waals surface area contributed by atoms with Gasteiger partial charge in [-0.15, -0.1) is 13.2 Å². The van der Waals surface area contributed by atoms with E-state index in [1.807, 2.05) is 42.8 Å². The number of hydrogen-bond donors (Lipinski definition) is 4. The third-order valence-corrected chi connectivity index (χ3v) is 12.0. The fraction of sp³-hybridized carbons (Fsp3) is 0.348. The molecule has 338 valence electrons. The van der Waals surface area contributed by atoms with Gasteiger partial charge in [-0.25, -0.2) is 9.97 Å². The van der Waals surface area contributed by atoms with Crippen LogP contribution in [-0.2, 0) is 38.6 Å². The van der Waals surface area contributed by atoms with Crippen molar-refractivity contribution in [2.45, 2.75) is 77.7 Å². The number of hydrogen-bond acceptors (Lipinski definition) is 11. The van der Waals surface area contributed by atoms with Gasteiger partial charge in [-0.2, -0.15) is 0 Å². The fourth-order valence-corrected chi connectivity index (χ4v) is 8.71. The molecule has 0 bridgehead atoms. The van der Waals surface area contributed by atoms with Crippen LogP contribution in [-0.4, -0.2) is 86.9 Å². The van der Waals surface area contributed by atoms with E-state index in [9.17, 15) is 41.9 Å². The van der Waals surface area contributed by atoms with Crippen molar-refractivity contribution in [2.75, 3.05) is 35.6 Å². The molecule has 3 aliphatic heterocycles. The minimum absolute atomic E-state index is 0.0289. The molecule has 5 heterocycles. The van der Waals surface area contributed by atoms with Crippen LogP contribution < -0.4 is 31.3 Å². The highest BCUT2D eigenvalue weighted by Crippen LogP contribution is 2.38. The summed E-state index contributed by atoms with van der Waals surface area (Å²) in [6, 6.07) is 14.9. The molecule has 0 saturated carbocycles. The maximum atomic E-state index is 13.4. The van der Waals surface area contributed by atoms with E-state index in [2.05, 4.69) is 30.7 Å². The molecular weight excluding hydrogens is 848 g/mol. The number of aryl methyl sites for hydroxylation is 1. The number of amides is 6. The van der Waals surface area contributed by atoms with Crippen molar-refractivity contribution in [3.05, 3.63) is 95.4 Å². The average molecular weight is 894 g/mol. The topological polar surface area (TPSA) is 211 Å². The van der Waals surface area contributed by atoms with Gasteiger partial charge in [-0.3, -0.25) is 39.0 Å². The Morgan fingerprint density at radius 2 is 1.74 bits per heavy atom. The Morgan fingerprint density at radius 1 is 0.938 bits per heavy atom. The summed E-state index contributed by atoms with van der Waals surface area (Å²) in [5.74, 6) is -2.77. The number of nitrogens with zero attached hydrogens (tertiary/aromatic N) is 5. The number of benzene rings is 3. The first-order chi connectivity index (χ1) is 31.0. The van der Waals surface area contributed by atoms with E-state index in [0.29, 0.717) is 80.0 Å². The van der Waals surface area contributed by atoms with Gasteiger partial charge in [0.05, 0.1) is 22.9 Å². The molecule has 3 aliphatic rings. The number of anilines is 3. The van der Waals surface area contributed by atoms with Crippen LogP contribution in [0.15, 0.2) is 73.2 Å². The molecule has 6 amide bonds. The van der Waals surface area contributed by atoms with Crippen LogP contribution in [0.25, 0.3) is 22.2 Å². The molecule has 1 saturated heterocycles. The summed E-state index contributed by atoms with van der Waals surface area (Å²) in [6.07, 6.45) is 0.726. The lowest BCUT2D eigenvalue weighted by molar-refractivity contribution is -0.274. The molecule has 0 spiro atoms. The molecule has 19 heteroatoms. The number of nitrogen functional groups attached to an aromatic ring is 1. The fourth-order valence-electron chi connectivity index (χ4n) is 8.71. The summed E-state index contributed by atoms with van der Waals surface area (Å²) in [4.78, 5) is 88.8. The van der Waals surface area contributed by atoms with E-state index in [1.165, 1.54) is 30.6 Å². The van der Waals surface area contributed by atoms with E-state index in [4.69, 9.17) is 5.73 Å². The summed E-state index contributed by atoms with van der Waals surface area (Å²) < 4.78 is 44.2. The van der Waals surface area contributed by atoms with Crippen molar-refractivity contribution in [3.8, 4) is 16.9 Å². The zero-order chi connectivity index (χ0) is 46.2. The first-order valence-electron chi connectivity index (χ1n) is 21.2. The predicted octanol–water partition coefficient (Wildman–Crippen LogP) is 5.54. The third-order valence-electron chi connectivity index (χ3n) is 12.0. The molecule has 16 nitrogen and oxygen atoms in total. The number of alkyl halides is 3. The average Bonchev–Trinajstić information content (AvgIpc) is 3.93. The molecule has 0 aliphatic carbocycles. The first kappa shape index (κ1) is 44.3. The SMILES string of the molecule is CC(C)(CCCNc1cccc2c1C(=O)N(C1CCC(=O)NC1=O)C2=O)C(=O)NCCCn1cc(-c2ccc3c(c2)CCN3C(=O)Cc2cccc(OC(F)(F)F)c2)c2c(N)ncnc21. The molecule has 1 fully saturated rings. The van der Waals surface area contributed by atoms with Crippen LogP contribution in [0, 0.1) is 5.41 Å². The van der Waals surface area contributed by atoms with Crippen LogP contribution in [0.3, 0.4) is 0 Å². The van der Waals surface area contributed by atoms with Crippen molar-refractivity contribution in [3.63, 3.8) is 0 Å². The van der Waals surface area contributed by atoms with Crippen molar-refractivity contribution in [1.29, 1.82) is 0 Å². The number of ether oxygens (including phenoxy) is 1. The summed E-state index contributed by atoms with van der Waals surface area (Å²) in [5, 5.41) is 9.15. The maximum absolute atomic E-state index is 13.4. The number of carbonyl (C=O) groups excluding carboxylic acids is 6. The van der Waals surface area contributed by atoms with E-state index in [1.54, 1.807) is 23.1 Å². The van der Waals surface area contributed by atoms with Crippen LogP contribution in [0.1, 0.15) is 77.8 Å². The Bertz CT molecular complexity index is 2750. The third kappa shape index (κ3) is 9.21.